The highest BCUT2D eigenvalue weighted by molar-refractivity contribution is 7.92. The molecular formula is C25H35N3O3S. The second-order valence-electron chi connectivity index (χ2n) is 8.77. The molecule has 1 saturated heterocycles. The van der Waals surface area contributed by atoms with Crippen LogP contribution in [0, 0.1) is 13.8 Å². The maximum atomic E-state index is 13.1. The van der Waals surface area contributed by atoms with Gasteiger partial charge in [0.1, 0.15) is 6.04 Å². The fraction of sp³-hybridized carbons (Fsp3) is 0.480. The van der Waals surface area contributed by atoms with Gasteiger partial charge >= 0.3 is 0 Å². The van der Waals surface area contributed by atoms with E-state index in [1.807, 2.05) is 45.0 Å². The highest BCUT2D eigenvalue weighted by Crippen LogP contribution is 2.25. The molecule has 1 amide bonds. The Kier molecular flexibility index (Phi) is 7.96. The van der Waals surface area contributed by atoms with E-state index in [1.165, 1.54) is 22.7 Å². The average molecular weight is 458 g/mol. The Morgan fingerprint density at radius 3 is 2.38 bits per heavy atom. The highest BCUT2D eigenvalue weighted by Gasteiger charge is 2.31. The number of rotatable bonds is 9. The largest absolute Gasteiger partial charge is 0.350 e. The van der Waals surface area contributed by atoms with E-state index in [1.54, 1.807) is 6.07 Å². The van der Waals surface area contributed by atoms with Crippen LogP contribution in [0.2, 0.25) is 0 Å². The summed E-state index contributed by atoms with van der Waals surface area (Å²) >= 11 is 0. The average Bonchev–Trinajstić information content (AvgIpc) is 3.25. The molecule has 0 spiro atoms. The summed E-state index contributed by atoms with van der Waals surface area (Å²) in [5, 5.41) is 2.96. The first-order chi connectivity index (χ1) is 15.2. The maximum absolute atomic E-state index is 13.1. The molecule has 1 N–H and O–H groups in total. The summed E-state index contributed by atoms with van der Waals surface area (Å²) in [6, 6.07) is 12.9. The van der Waals surface area contributed by atoms with Gasteiger partial charge in [-0.3, -0.25) is 14.0 Å². The first-order valence-corrected chi connectivity index (χ1v) is 13.2. The number of hydrogen-bond donors (Lipinski definition) is 1. The van der Waals surface area contributed by atoms with E-state index in [9.17, 15) is 13.2 Å². The summed E-state index contributed by atoms with van der Waals surface area (Å²) in [6.45, 7) is 9.32. The molecule has 174 valence electrons. The van der Waals surface area contributed by atoms with Gasteiger partial charge in [0.15, 0.2) is 0 Å². The Balaban J connectivity index is 1.73. The lowest BCUT2D eigenvalue weighted by Crippen LogP contribution is -2.49. The van der Waals surface area contributed by atoms with Gasteiger partial charge in [0.2, 0.25) is 15.9 Å². The maximum Gasteiger partial charge on any atom is 0.244 e. The Labute approximate surface area is 192 Å². The predicted octanol–water partition coefficient (Wildman–Crippen LogP) is 3.76. The molecule has 0 unspecified atom stereocenters. The molecule has 6 nitrogen and oxygen atoms in total. The van der Waals surface area contributed by atoms with E-state index in [2.05, 4.69) is 22.3 Å². The van der Waals surface area contributed by atoms with Gasteiger partial charge in [-0.05, 0) is 80.6 Å². The monoisotopic (exact) mass is 457 g/mol. The van der Waals surface area contributed by atoms with Crippen molar-refractivity contribution >= 4 is 21.6 Å². The van der Waals surface area contributed by atoms with Gasteiger partial charge in [-0.1, -0.05) is 37.3 Å². The summed E-state index contributed by atoms with van der Waals surface area (Å²) in [7, 11) is -3.64. The summed E-state index contributed by atoms with van der Waals surface area (Å²) in [5.74, 6) is -0.291. The molecule has 1 aliphatic rings. The van der Waals surface area contributed by atoms with Gasteiger partial charge in [-0.15, -0.1) is 0 Å². The topological polar surface area (TPSA) is 69.7 Å². The molecule has 1 heterocycles. The van der Waals surface area contributed by atoms with Crippen LogP contribution in [0.3, 0.4) is 0 Å². The number of anilines is 1. The Hall–Kier alpha value is -2.38. The second kappa shape index (κ2) is 10.5. The molecule has 0 aliphatic carbocycles. The minimum Gasteiger partial charge on any atom is -0.350 e. The first kappa shape index (κ1) is 24.3. The van der Waals surface area contributed by atoms with Gasteiger partial charge in [-0.25, -0.2) is 8.42 Å². The van der Waals surface area contributed by atoms with Crippen LogP contribution in [0.4, 0.5) is 5.69 Å². The van der Waals surface area contributed by atoms with E-state index in [4.69, 9.17) is 0 Å². The molecular weight excluding hydrogens is 422 g/mol. The number of benzene rings is 2. The standard InChI is InChI=1S/C25H35N3O3S/c1-5-24(28(32(4,30)31)23-12-11-19(2)20(3)15-23)25(29)26-17-21-9-8-10-22(16-21)18-27-13-6-7-14-27/h8-12,15-16,24H,5-7,13-14,17-18H2,1-4H3,(H,26,29)/t24-/m0/s1. The van der Waals surface area contributed by atoms with Crippen LogP contribution in [0.1, 0.15) is 48.4 Å². The number of hydrogen-bond acceptors (Lipinski definition) is 4. The van der Waals surface area contributed by atoms with Crippen molar-refractivity contribution < 1.29 is 13.2 Å². The Morgan fingerprint density at radius 2 is 1.75 bits per heavy atom. The lowest BCUT2D eigenvalue weighted by Gasteiger charge is -2.30. The minimum atomic E-state index is -3.64. The molecule has 32 heavy (non-hydrogen) atoms. The van der Waals surface area contributed by atoms with Crippen molar-refractivity contribution in [2.75, 3.05) is 23.7 Å². The smallest absolute Gasteiger partial charge is 0.244 e. The van der Waals surface area contributed by atoms with E-state index in [0.29, 0.717) is 18.7 Å². The zero-order valence-corrected chi connectivity index (χ0v) is 20.4. The number of carbonyl (C=O) groups is 1. The molecule has 7 heteroatoms. The SMILES string of the molecule is CC[C@@H](C(=O)NCc1cccc(CN2CCCC2)c1)N(c1ccc(C)c(C)c1)S(C)(=O)=O. The normalized spacial score (nSPS) is 15.5. The molecule has 0 radical (unpaired) electrons. The van der Waals surface area contributed by atoms with Crippen LogP contribution in [0.25, 0.3) is 0 Å². The van der Waals surface area contributed by atoms with Crippen molar-refractivity contribution in [3.05, 3.63) is 64.7 Å². The summed E-state index contributed by atoms with van der Waals surface area (Å²) in [5.41, 5.74) is 4.83. The molecule has 2 aromatic carbocycles. The van der Waals surface area contributed by atoms with E-state index >= 15 is 0 Å². The van der Waals surface area contributed by atoms with Crippen molar-refractivity contribution in [1.82, 2.24) is 10.2 Å². The first-order valence-electron chi connectivity index (χ1n) is 11.3. The van der Waals surface area contributed by atoms with Crippen molar-refractivity contribution in [3.63, 3.8) is 0 Å². The lowest BCUT2D eigenvalue weighted by molar-refractivity contribution is -0.122. The van der Waals surface area contributed by atoms with Gasteiger partial charge in [0.05, 0.1) is 11.9 Å². The fourth-order valence-electron chi connectivity index (χ4n) is 4.27. The van der Waals surface area contributed by atoms with Crippen LogP contribution < -0.4 is 9.62 Å². The number of amides is 1. The molecule has 1 atom stereocenters. The fourth-order valence-corrected chi connectivity index (χ4v) is 5.47. The molecule has 0 bridgehead atoms. The second-order valence-corrected chi connectivity index (χ2v) is 10.6. The van der Waals surface area contributed by atoms with Gasteiger partial charge < -0.3 is 5.32 Å². The molecule has 0 saturated carbocycles. The van der Waals surface area contributed by atoms with Gasteiger partial charge in [0.25, 0.3) is 0 Å². The third-order valence-electron chi connectivity index (χ3n) is 6.14. The zero-order valence-electron chi connectivity index (χ0n) is 19.6. The molecule has 2 aromatic rings. The van der Waals surface area contributed by atoms with Gasteiger partial charge in [0, 0.05) is 13.1 Å². The molecule has 1 fully saturated rings. The minimum absolute atomic E-state index is 0.291. The van der Waals surface area contributed by atoms with Crippen LogP contribution in [-0.2, 0) is 27.9 Å². The summed E-state index contributed by atoms with van der Waals surface area (Å²) in [6.07, 6.45) is 4.04. The van der Waals surface area contributed by atoms with E-state index < -0.39 is 16.1 Å². The predicted molar refractivity (Wildman–Crippen MR) is 130 cm³/mol. The number of carbonyl (C=O) groups excluding carboxylic acids is 1. The number of nitrogens with one attached hydrogen (secondary N) is 1. The molecule has 1 aliphatic heterocycles. The van der Waals surface area contributed by atoms with Crippen LogP contribution in [0.5, 0.6) is 0 Å². The van der Waals surface area contributed by atoms with Crippen molar-refractivity contribution in [1.29, 1.82) is 0 Å². The van der Waals surface area contributed by atoms with Crippen LogP contribution in [-0.4, -0.2) is 44.6 Å². The third kappa shape index (κ3) is 6.11. The lowest BCUT2D eigenvalue weighted by atomic mass is 10.1. The zero-order chi connectivity index (χ0) is 23.3. The van der Waals surface area contributed by atoms with Crippen molar-refractivity contribution in [2.24, 2.45) is 0 Å². The number of nitrogens with zero attached hydrogens (tertiary/aromatic N) is 2. The van der Waals surface area contributed by atoms with Crippen molar-refractivity contribution in [3.8, 4) is 0 Å². The van der Waals surface area contributed by atoms with Gasteiger partial charge in [-0.2, -0.15) is 0 Å². The molecule has 0 aromatic heterocycles. The quantitative estimate of drug-likeness (QED) is 0.623. The van der Waals surface area contributed by atoms with E-state index in [-0.39, 0.29) is 5.91 Å². The Morgan fingerprint density at radius 1 is 1.06 bits per heavy atom. The van der Waals surface area contributed by atoms with Crippen LogP contribution >= 0.6 is 0 Å². The van der Waals surface area contributed by atoms with Crippen molar-refractivity contribution in [2.45, 2.75) is 59.2 Å². The Bertz CT molecular complexity index is 1050. The summed E-state index contributed by atoms with van der Waals surface area (Å²) < 4.78 is 26.6. The summed E-state index contributed by atoms with van der Waals surface area (Å²) in [4.78, 5) is 15.5. The van der Waals surface area contributed by atoms with E-state index in [0.717, 1.165) is 42.6 Å². The third-order valence-corrected chi connectivity index (χ3v) is 7.32. The van der Waals surface area contributed by atoms with Crippen LogP contribution in [0.15, 0.2) is 42.5 Å². The highest BCUT2D eigenvalue weighted by atomic mass is 32.2. The number of sulfonamides is 1. The molecule has 3 rings (SSSR count). The number of likely N-dealkylation sites (tertiary alicyclic amines) is 1. The number of aryl methyl sites for hydroxylation is 2.